The summed E-state index contributed by atoms with van der Waals surface area (Å²) >= 11 is 5.16. The molecule has 5 rings (SSSR count). The topological polar surface area (TPSA) is 120 Å². The normalized spacial score (nSPS) is 19.5. The number of aromatic nitrogens is 4. The van der Waals surface area contributed by atoms with E-state index < -0.39 is 0 Å². The second-order valence-electron chi connectivity index (χ2n) is 9.11. The van der Waals surface area contributed by atoms with Crippen molar-refractivity contribution in [1.29, 1.82) is 0 Å². The highest BCUT2D eigenvalue weighted by molar-refractivity contribution is 9.10. The minimum absolute atomic E-state index is 0.0512. The van der Waals surface area contributed by atoms with Crippen molar-refractivity contribution in [3.8, 4) is 11.5 Å². The van der Waals surface area contributed by atoms with Crippen molar-refractivity contribution in [2.24, 2.45) is 5.92 Å². The van der Waals surface area contributed by atoms with Gasteiger partial charge < -0.3 is 30.0 Å². The number of carbonyl (C=O) groups is 1. The van der Waals surface area contributed by atoms with Crippen LogP contribution in [-0.2, 0) is 11.3 Å². The molecule has 2 atom stereocenters. The number of hydrogen-bond acceptors (Lipinski definition) is 10. The molecule has 1 saturated heterocycles. The van der Waals surface area contributed by atoms with E-state index in [9.17, 15) is 4.79 Å². The average Bonchev–Trinajstić information content (AvgIpc) is 3.42. The quantitative estimate of drug-likeness (QED) is 0.424. The van der Waals surface area contributed by atoms with Gasteiger partial charge in [0, 0.05) is 15.9 Å². The van der Waals surface area contributed by atoms with Gasteiger partial charge in [0.25, 0.3) is 0 Å². The van der Waals surface area contributed by atoms with Gasteiger partial charge in [0.1, 0.15) is 6.33 Å². The number of Topliss-reactive ketones (excluding diaryl/α,β-unsaturated/α-hetero) is 1. The third-order valence-electron chi connectivity index (χ3n) is 6.29. The number of nitrogens with two attached hydrogens (primary N) is 1. The van der Waals surface area contributed by atoms with Gasteiger partial charge in [-0.2, -0.15) is 0 Å². The molecule has 2 aromatic heterocycles. The molecule has 2 aliphatic heterocycles. The molecule has 0 radical (unpaired) electrons. The largest absolute Gasteiger partial charge is 0.454 e. The maximum absolute atomic E-state index is 12.4. The molecule has 0 bridgehead atoms. The lowest BCUT2D eigenvalue weighted by Gasteiger charge is -2.30. The number of carbonyl (C=O) groups excluding carboxylic acids is 1. The number of aryl methyl sites for hydroxylation is 1. The number of piperidine rings is 1. The Morgan fingerprint density at radius 1 is 1.29 bits per heavy atom. The van der Waals surface area contributed by atoms with Crippen LogP contribution in [0, 0.1) is 5.92 Å². The Morgan fingerprint density at radius 3 is 2.83 bits per heavy atom. The van der Waals surface area contributed by atoms with E-state index in [4.69, 9.17) is 20.2 Å². The average molecular weight is 562 g/mol. The molecule has 0 aliphatic carbocycles. The molecule has 1 fully saturated rings. The van der Waals surface area contributed by atoms with E-state index in [1.165, 1.54) is 18.1 Å². The number of rotatable bonds is 8. The third-order valence-corrected chi connectivity index (χ3v) is 8.26. The van der Waals surface area contributed by atoms with Crippen molar-refractivity contribution in [3.05, 3.63) is 22.9 Å². The molecule has 2 aliphatic rings. The number of ether oxygens (including phenoxy) is 2. The number of ketones is 1. The Balaban J connectivity index is 1.32. The van der Waals surface area contributed by atoms with Gasteiger partial charge in [-0.3, -0.25) is 4.79 Å². The minimum atomic E-state index is -0.0512. The zero-order chi connectivity index (χ0) is 24.5. The Kier molecular flexibility index (Phi) is 7.14. The van der Waals surface area contributed by atoms with Crippen LogP contribution in [0.4, 0.5) is 5.82 Å². The molecular formula is C23H28BrN7O3S. The molecule has 0 spiro atoms. The van der Waals surface area contributed by atoms with Gasteiger partial charge >= 0.3 is 0 Å². The number of fused-ring (bicyclic) bond motifs is 2. The SMILES string of the molecule is CN(C)CC(=O)C1CCC(CCn2c(Sc3cc4c(cc3Br)OCO4)nc3c(N)ncnc32)CN1. The van der Waals surface area contributed by atoms with Gasteiger partial charge in [0.05, 0.1) is 12.6 Å². The van der Waals surface area contributed by atoms with Crippen LogP contribution in [0.15, 0.2) is 33.0 Å². The number of hydrogen-bond donors (Lipinski definition) is 2. The molecule has 186 valence electrons. The van der Waals surface area contributed by atoms with Gasteiger partial charge in [-0.05, 0) is 73.9 Å². The molecule has 10 nitrogen and oxygen atoms in total. The number of halogens is 1. The number of likely N-dealkylation sites (N-methyl/N-ethyl adjacent to an activating group) is 1. The van der Waals surface area contributed by atoms with Crippen molar-refractivity contribution >= 4 is 50.5 Å². The summed E-state index contributed by atoms with van der Waals surface area (Å²) in [6, 6.07) is 3.81. The highest BCUT2D eigenvalue weighted by Gasteiger charge is 2.27. The van der Waals surface area contributed by atoms with E-state index in [2.05, 4.69) is 35.8 Å². The van der Waals surface area contributed by atoms with Crippen molar-refractivity contribution in [2.75, 3.05) is 39.7 Å². The predicted molar refractivity (Wildman–Crippen MR) is 137 cm³/mol. The van der Waals surface area contributed by atoms with E-state index in [1.54, 1.807) is 0 Å². The Bertz CT molecular complexity index is 1240. The number of imidazole rings is 1. The van der Waals surface area contributed by atoms with E-state index in [-0.39, 0.29) is 18.6 Å². The van der Waals surface area contributed by atoms with Gasteiger partial charge in [-0.1, -0.05) is 11.8 Å². The van der Waals surface area contributed by atoms with Crippen LogP contribution in [0.5, 0.6) is 11.5 Å². The van der Waals surface area contributed by atoms with Crippen molar-refractivity contribution in [2.45, 2.75) is 41.9 Å². The Morgan fingerprint density at radius 2 is 2.09 bits per heavy atom. The second kappa shape index (κ2) is 10.3. The molecule has 3 aromatic rings. The monoisotopic (exact) mass is 561 g/mol. The number of benzene rings is 1. The van der Waals surface area contributed by atoms with Crippen LogP contribution >= 0.6 is 27.7 Å². The zero-order valence-electron chi connectivity index (χ0n) is 19.7. The third kappa shape index (κ3) is 5.25. The highest BCUT2D eigenvalue weighted by Crippen LogP contribution is 2.43. The van der Waals surface area contributed by atoms with Crippen LogP contribution in [0.2, 0.25) is 0 Å². The van der Waals surface area contributed by atoms with Crippen molar-refractivity contribution in [3.63, 3.8) is 0 Å². The summed E-state index contributed by atoms with van der Waals surface area (Å²) in [5.74, 6) is 2.52. The standard InChI is InChI=1S/C23H28BrN7O3S/c1-30(2)10-16(32)15-4-3-13(9-26-15)5-6-31-22-20(21(25)27-11-28-22)29-23(31)35-19-8-18-17(7-14(19)24)33-12-34-18/h7-8,11,13,15,26H,3-6,9-10,12H2,1-2H3,(H2,25,27,28). The first kappa shape index (κ1) is 24.3. The molecule has 0 saturated carbocycles. The van der Waals surface area contributed by atoms with Crippen LogP contribution < -0.4 is 20.5 Å². The van der Waals surface area contributed by atoms with Gasteiger partial charge in [0.2, 0.25) is 6.79 Å². The molecule has 12 heteroatoms. The fourth-order valence-corrected chi connectivity index (χ4v) is 5.97. The maximum Gasteiger partial charge on any atom is 0.231 e. The molecule has 4 heterocycles. The van der Waals surface area contributed by atoms with E-state index in [0.29, 0.717) is 29.5 Å². The number of nitrogens with one attached hydrogen (secondary N) is 1. The Hall–Kier alpha value is -2.41. The summed E-state index contributed by atoms with van der Waals surface area (Å²) in [7, 11) is 3.85. The van der Waals surface area contributed by atoms with Crippen LogP contribution in [0.3, 0.4) is 0 Å². The summed E-state index contributed by atoms with van der Waals surface area (Å²) in [4.78, 5) is 28.7. The van der Waals surface area contributed by atoms with Crippen molar-refractivity contribution < 1.29 is 14.3 Å². The number of anilines is 1. The van der Waals surface area contributed by atoms with Crippen LogP contribution in [0.25, 0.3) is 11.2 Å². The molecule has 0 amide bonds. The lowest BCUT2D eigenvalue weighted by molar-refractivity contribution is -0.122. The minimum Gasteiger partial charge on any atom is -0.454 e. The van der Waals surface area contributed by atoms with Crippen molar-refractivity contribution in [1.82, 2.24) is 29.7 Å². The summed E-state index contributed by atoms with van der Waals surface area (Å²) in [6.07, 6.45) is 4.29. The lowest BCUT2D eigenvalue weighted by atomic mass is 9.90. The fraction of sp³-hybridized carbons (Fsp3) is 0.478. The molecule has 1 aromatic carbocycles. The van der Waals surface area contributed by atoms with Crippen LogP contribution in [0.1, 0.15) is 19.3 Å². The summed E-state index contributed by atoms with van der Waals surface area (Å²) in [5, 5.41) is 4.24. The smallest absolute Gasteiger partial charge is 0.231 e. The van der Waals surface area contributed by atoms with Gasteiger partial charge in [-0.25, -0.2) is 15.0 Å². The zero-order valence-corrected chi connectivity index (χ0v) is 22.1. The Labute approximate surface area is 216 Å². The number of nitrogen functional groups attached to an aromatic ring is 1. The van der Waals surface area contributed by atoms with Crippen LogP contribution in [-0.4, -0.2) is 70.2 Å². The summed E-state index contributed by atoms with van der Waals surface area (Å²) in [6.45, 7) is 2.25. The maximum atomic E-state index is 12.4. The lowest BCUT2D eigenvalue weighted by Crippen LogP contribution is -2.46. The van der Waals surface area contributed by atoms with E-state index in [1.807, 2.05) is 31.1 Å². The molecular weight excluding hydrogens is 534 g/mol. The first-order chi connectivity index (χ1) is 16.9. The van der Waals surface area contributed by atoms with E-state index >= 15 is 0 Å². The molecule has 35 heavy (non-hydrogen) atoms. The number of nitrogens with zero attached hydrogens (tertiary/aromatic N) is 5. The fourth-order valence-electron chi connectivity index (χ4n) is 4.46. The van der Waals surface area contributed by atoms with Gasteiger partial charge in [-0.15, -0.1) is 0 Å². The second-order valence-corrected chi connectivity index (χ2v) is 11.0. The predicted octanol–water partition coefficient (Wildman–Crippen LogP) is 2.94. The molecule has 3 N–H and O–H groups in total. The first-order valence-electron chi connectivity index (χ1n) is 11.5. The highest BCUT2D eigenvalue weighted by atomic mass is 79.9. The van der Waals surface area contributed by atoms with Gasteiger partial charge in [0.15, 0.2) is 39.4 Å². The molecule has 2 unspecified atom stereocenters. The first-order valence-corrected chi connectivity index (χ1v) is 13.1. The summed E-state index contributed by atoms with van der Waals surface area (Å²) in [5.41, 5.74) is 7.45. The summed E-state index contributed by atoms with van der Waals surface area (Å²) < 4.78 is 14.0. The van der Waals surface area contributed by atoms with E-state index in [0.717, 1.165) is 58.3 Å².